The maximum atomic E-state index is 11.6. The summed E-state index contributed by atoms with van der Waals surface area (Å²) < 4.78 is 0. The van der Waals surface area contributed by atoms with Crippen molar-refractivity contribution in [1.82, 2.24) is 0 Å². The third kappa shape index (κ3) is 3.62. The second-order valence-electron chi connectivity index (χ2n) is 12.8. The summed E-state index contributed by atoms with van der Waals surface area (Å²) in [6, 6.07) is 0. The van der Waals surface area contributed by atoms with Crippen molar-refractivity contribution in [1.29, 1.82) is 0 Å². The molecule has 0 unspecified atom stereocenters. The van der Waals surface area contributed by atoms with Crippen LogP contribution >= 0.6 is 0 Å². The van der Waals surface area contributed by atoms with Crippen LogP contribution in [-0.4, -0.2) is 22.4 Å². The van der Waals surface area contributed by atoms with Gasteiger partial charge in [-0.3, -0.25) is 0 Å². The molecule has 0 aromatic rings. The summed E-state index contributed by atoms with van der Waals surface area (Å²) in [5.74, 6) is 4.92. The fourth-order valence-electron chi connectivity index (χ4n) is 8.81. The molecule has 10 atom stereocenters. The number of rotatable bonds is 5. The van der Waals surface area contributed by atoms with Crippen LogP contribution in [0.4, 0.5) is 0 Å². The predicted molar refractivity (Wildman–Crippen MR) is 125 cm³/mol. The SMILES string of the molecule is CC(C)[C@@H](C)CC[C@@H](C)[C@H]1CC[C@H]2[C@@H]3CC=C4C[C@@H](O)CC[C@]4(C)[C@H]3[C@H](O)C[C@]12C. The summed E-state index contributed by atoms with van der Waals surface area (Å²) >= 11 is 0. The number of aliphatic hydroxyl groups excluding tert-OH is 2. The second-order valence-corrected chi connectivity index (χ2v) is 12.8. The van der Waals surface area contributed by atoms with Crippen LogP contribution in [0, 0.1) is 52.3 Å². The standard InChI is InChI=1S/C28H48O2/c1-17(2)18(3)7-8-19(4)23-11-12-24-22-10-9-20-15-21(29)13-14-27(20,5)26(22)25(30)16-28(23,24)6/h9,17-19,21-26,29-30H,7-8,10-16H2,1-6H3/t18-,19+,21-,22-,23+,24-,25+,26+,27-,28+/m0/s1. The Labute approximate surface area is 185 Å². The number of fused-ring (bicyclic) bond motifs is 5. The van der Waals surface area contributed by atoms with E-state index in [1.807, 2.05) is 0 Å². The Kier molecular flexibility index (Phi) is 6.26. The Hall–Kier alpha value is -0.340. The summed E-state index contributed by atoms with van der Waals surface area (Å²) in [7, 11) is 0. The largest absolute Gasteiger partial charge is 0.393 e. The van der Waals surface area contributed by atoms with E-state index >= 15 is 0 Å². The highest BCUT2D eigenvalue weighted by atomic mass is 16.3. The minimum Gasteiger partial charge on any atom is -0.393 e. The first-order chi connectivity index (χ1) is 14.1. The highest BCUT2D eigenvalue weighted by Crippen LogP contribution is 2.67. The van der Waals surface area contributed by atoms with Gasteiger partial charge in [0.2, 0.25) is 0 Å². The van der Waals surface area contributed by atoms with Gasteiger partial charge in [0.25, 0.3) is 0 Å². The van der Waals surface area contributed by atoms with Crippen molar-refractivity contribution in [2.24, 2.45) is 52.3 Å². The van der Waals surface area contributed by atoms with E-state index in [-0.39, 0.29) is 17.6 Å². The van der Waals surface area contributed by atoms with E-state index in [0.717, 1.165) is 61.7 Å². The fourth-order valence-corrected chi connectivity index (χ4v) is 8.81. The zero-order chi connectivity index (χ0) is 21.8. The van der Waals surface area contributed by atoms with Crippen LogP contribution < -0.4 is 0 Å². The molecule has 3 saturated carbocycles. The molecule has 4 aliphatic rings. The van der Waals surface area contributed by atoms with Gasteiger partial charge >= 0.3 is 0 Å². The Morgan fingerprint density at radius 2 is 1.77 bits per heavy atom. The first kappa shape index (κ1) is 22.8. The third-order valence-electron chi connectivity index (χ3n) is 11.0. The van der Waals surface area contributed by atoms with Crippen molar-refractivity contribution in [3.63, 3.8) is 0 Å². The van der Waals surface area contributed by atoms with Crippen molar-refractivity contribution >= 4 is 0 Å². The molecule has 4 aliphatic carbocycles. The molecule has 2 nitrogen and oxygen atoms in total. The van der Waals surface area contributed by atoms with Gasteiger partial charge in [-0.15, -0.1) is 0 Å². The molecule has 2 N–H and O–H groups in total. The topological polar surface area (TPSA) is 40.5 Å². The smallest absolute Gasteiger partial charge is 0.0585 e. The summed E-state index contributed by atoms with van der Waals surface area (Å²) in [6.07, 6.45) is 12.5. The fraction of sp³-hybridized carbons (Fsp3) is 0.929. The Morgan fingerprint density at radius 3 is 2.47 bits per heavy atom. The lowest BCUT2D eigenvalue weighted by atomic mass is 9.46. The molecular weight excluding hydrogens is 368 g/mol. The highest BCUT2D eigenvalue weighted by molar-refractivity contribution is 5.26. The zero-order valence-electron chi connectivity index (χ0n) is 20.5. The summed E-state index contributed by atoms with van der Waals surface area (Å²) in [4.78, 5) is 0. The van der Waals surface area contributed by atoms with E-state index in [4.69, 9.17) is 0 Å². The van der Waals surface area contributed by atoms with Gasteiger partial charge in [-0.05, 0) is 97.2 Å². The van der Waals surface area contributed by atoms with Crippen LogP contribution in [0.25, 0.3) is 0 Å². The number of hydrogen-bond donors (Lipinski definition) is 2. The third-order valence-corrected chi connectivity index (χ3v) is 11.0. The first-order valence-electron chi connectivity index (χ1n) is 13.1. The molecule has 3 fully saturated rings. The van der Waals surface area contributed by atoms with E-state index in [0.29, 0.717) is 17.3 Å². The van der Waals surface area contributed by atoms with Crippen molar-refractivity contribution in [3.8, 4) is 0 Å². The maximum Gasteiger partial charge on any atom is 0.0585 e. The van der Waals surface area contributed by atoms with Crippen molar-refractivity contribution in [3.05, 3.63) is 11.6 Å². The van der Waals surface area contributed by atoms with Gasteiger partial charge in [-0.25, -0.2) is 0 Å². The molecule has 172 valence electrons. The lowest BCUT2D eigenvalue weighted by molar-refractivity contribution is -0.129. The normalized spacial score (nSPS) is 47.8. The molecule has 0 heterocycles. The first-order valence-corrected chi connectivity index (χ1v) is 13.1. The predicted octanol–water partition coefficient (Wildman–Crippen LogP) is 6.61. The molecule has 0 bridgehead atoms. The quantitative estimate of drug-likeness (QED) is 0.495. The molecule has 0 saturated heterocycles. The molecule has 0 aromatic heterocycles. The van der Waals surface area contributed by atoms with E-state index in [1.165, 1.54) is 31.3 Å². The van der Waals surface area contributed by atoms with Gasteiger partial charge in [0.1, 0.15) is 0 Å². The molecule has 0 radical (unpaired) electrons. The molecule has 2 heteroatoms. The van der Waals surface area contributed by atoms with Crippen molar-refractivity contribution < 1.29 is 10.2 Å². The van der Waals surface area contributed by atoms with Crippen LogP contribution in [-0.2, 0) is 0 Å². The van der Waals surface area contributed by atoms with E-state index in [9.17, 15) is 10.2 Å². The minimum absolute atomic E-state index is 0.110. The van der Waals surface area contributed by atoms with Gasteiger partial charge < -0.3 is 10.2 Å². The van der Waals surface area contributed by atoms with E-state index in [1.54, 1.807) is 0 Å². The van der Waals surface area contributed by atoms with Crippen molar-refractivity contribution in [2.75, 3.05) is 0 Å². The highest BCUT2D eigenvalue weighted by Gasteiger charge is 2.61. The number of aliphatic hydroxyl groups is 2. The molecule has 0 spiro atoms. The molecule has 0 amide bonds. The molecular formula is C28H48O2. The van der Waals surface area contributed by atoms with E-state index < -0.39 is 0 Å². The zero-order valence-corrected chi connectivity index (χ0v) is 20.5. The van der Waals surface area contributed by atoms with Gasteiger partial charge in [0.05, 0.1) is 12.2 Å². The minimum atomic E-state index is -0.178. The van der Waals surface area contributed by atoms with Crippen LogP contribution in [0.15, 0.2) is 11.6 Å². The second kappa shape index (κ2) is 8.22. The van der Waals surface area contributed by atoms with Crippen LogP contribution in [0.2, 0.25) is 0 Å². The van der Waals surface area contributed by atoms with Crippen LogP contribution in [0.1, 0.15) is 99.3 Å². The summed E-state index contributed by atoms with van der Waals surface area (Å²) in [5.41, 5.74) is 1.87. The van der Waals surface area contributed by atoms with Gasteiger partial charge in [0, 0.05) is 0 Å². The average molecular weight is 417 g/mol. The molecule has 30 heavy (non-hydrogen) atoms. The van der Waals surface area contributed by atoms with Crippen molar-refractivity contribution in [2.45, 2.75) is 112 Å². The summed E-state index contributed by atoms with van der Waals surface area (Å²) in [6.45, 7) is 14.6. The van der Waals surface area contributed by atoms with Crippen LogP contribution in [0.3, 0.4) is 0 Å². The Balaban J connectivity index is 1.53. The van der Waals surface area contributed by atoms with Gasteiger partial charge in [0.15, 0.2) is 0 Å². The van der Waals surface area contributed by atoms with E-state index in [2.05, 4.69) is 47.6 Å². The molecule has 4 rings (SSSR count). The number of hydrogen-bond acceptors (Lipinski definition) is 2. The van der Waals surface area contributed by atoms with Gasteiger partial charge in [-0.1, -0.05) is 66.0 Å². The Bertz CT molecular complexity index is 653. The lowest BCUT2D eigenvalue weighted by Crippen LogP contribution is -2.56. The molecule has 0 aromatic carbocycles. The lowest BCUT2D eigenvalue weighted by Gasteiger charge is -2.60. The maximum absolute atomic E-state index is 11.6. The monoisotopic (exact) mass is 416 g/mol. The average Bonchev–Trinajstić information content (AvgIpc) is 3.02. The number of allylic oxidation sites excluding steroid dienone is 1. The Morgan fingerprint density at radius 1 is 1.03 bits per heavy atom. The summed E-state index contributed by atoms with van der Waals surface area (Å²) in [5, 5.41) is 21.8. The van der Waals surface area contributed by atoms with Crippen LogP contribution in [0.5, 0.6) is 0 Å². The molecule has 0 aliphatic heterocycles. The van der Waals surface area contributed by atoms with Gasteiger partial charge in [-0.2, -0.15) is 0 Å².